The largest absolute Gasteiger partial charge is 0.313 e. The zero-order chi connectivity index (χ0) is 14.3. The van der Waals surface area contributed by atoms with Crippen LogP contribution < -0.4 is 10.0 Å². The lowest BCUT2D eigenvalue weighted by atomic mass is 10.2. The van der Waals surface area contributed by atoms with Crippen LogP contribution in [0.15, 0.2) is 29.2 Å². The molecule has 6 heteroatoms. The quantitative estimate of drug-likeness (QED) is 0.769. The average molecular weight is 302 g/mol. The van der Waals surface area contributed by atoms with E-state index < -0.39 is 10.0 Å². The van der Waals surface area contributed by atoms with Gasteiger partial charge in [0.05, 0.1) is 4.90 Å². The molecule has 0 aliphatic heterocycles. The molecule has 0 heterocycles. The Labute approximate surface area is 120 Å². The molecule has 2 N–H and O–H groups in total. The molecule has 1 aromatic rings. The Hall–Kier alpha value is -0.560. The summed E-state index contributed by atoms with van der Waals surface area (Å²) in [6.07, 6.45) is 1.96. The minimum Gasteiger partial charge on any atom is -0.313 e. The van der Waals surface area contributed by atoms with Crippen molar-refractivity contribution in [2.45, 2.75) is 31.3 Å². The van der Waals surface area contributed by atoms with Crippen molar-refractivity contribution in [1.82, 2.24) is 10.0 Å². The number of thioether (sulfide) groups is 1. The van der Waals surface area contributed by atoms with Gasteiger partial charge >= 0.3 is 0 Å². The predicted octanol–water partition coefficient (Wildman–Crippen LogP) is 1.83. The van der Waals surface area contributed by atoms with E-state index in [1.807, 2.05) is 26.2 Å². The Balaban J connectivity index is 2.82. The van der Waals surface area contributed by atoms with Crippen molar-refractivity contribution < 1.29 is 8.42 Å². The van der Waals surface area contributed by atoms with E-state index in [4.69, 9.17) is 0 Å². The normalized spacial score (nSPS) is 13.4. The molecule has 19 heavy (non-hydrogen) atoms. The van der Waals surface area contributed by atoms with Crippen molar-refractivity contribution >= 4 is 21.8 Å². The van der Waals surface area contributed by atoms with E-state index in [1.54, 1.807) is 30.0 Å². The Morgan fingerprint density at radius 1 is 1.37 bits per heavy atom. The van der Waals surface area contributed by atoms with Crippen molar-refractivity contribution in [2.24, 2.45) is 0 Å². The van der Waals surface area contributed by atoms with Gasteiger partial charge in [0.15, 0.2) is 0 Å². The summed E-state index contributed by atoms with van der Waals surface area (Å²) in [5.41, 5.74) is 0.974. The van der Waals surface area contributed by atoms with Crippen LogP contribution in [-0.4, -0.2) is 33.0 Å². The first-order chi connectivity index (χ1) is 8.99. The summed E-state index contributed by atoms with van der Waals surface area (Å²) in [6, 6.07) is 6.98. The van der Waals surface area contributed by atoms with Crippen molar-refractivity contribution in [1.29, 1.82) is 0 Å². The second-order valence-corrected chi connectivity index (χ2v) is 7.03. The van der Waals surface area contributed by atoms with Crippen molar-refractivity contribution in [2.75, 3.05) is 18.6 Å². The molecule has 0 aromatic heterocycles. The third-order valence-electron chi connectivity index (χ3n) is 2.56. The third kappa shape index (κ3) is 5.52. The molecule has 0 bridgehead atoms. The molecule has 1 aromatic carbocycles. The molecule has 1 rings (SSSR count). The van der Waals surface area contributed by atoms with Crippen LogP contribution in [0.5, 0.6) is 0 Å². The van der Waals surface area contributed by atoms with E-state index in [-0.39, 0.29) is 6.04 Å². The fraction of sp³-hybridized carbons (Fsp3) is 0.538. The SMILES string of the molecule is CCNCc1cccc(S(=O)(=O)NC(C)CSC)c1. The van der Waals surface area contributed by atoms with Crippen LogP contribution in [0.4, 0.5) is 0 Å². The highest BCUT2D eigenvalue weighted by Crippen LogP contribution is 2.12. The molecule has 1 unspecified atom stereocenters. The maximum atomic E-state index is 12.2. The number of benzene rings is 1. The highest BCUT2D eigenvalue weighted by molar-refractivity contribution is 7.98. The summed E-state index contributed by atoms with van der Waals surface area (Å²) >= 11 is 1.62. The van der Waals surface area contributed by atoms with E-state index in [0.717, 1.165) is 17.9 Å². The van der Waals surface area contributed by atoms with Crippen LogP contribution in [0.3, 0.4) is 0 Å². The predicted molar refractivity (Wildman–Crippen MR) is 82.0 cm³/mol. The van der Waals surface area contributed by atoms with Gasteiger partial charge in [-0.15, -0.1) is 0 Å². The summed E-state index contributed by atoms with van der Waals surface area (Å²) in [4.78, 5) is 0.329. The number of hydrogen-bond acceptors (Lipinski definition) is 4. The minimum atomic E-state index is -3.42. The fourth-order valence-electron chi connectivity index (χ4n) is 1.71. The highest BCUT2D eigenvalue weighted by Gasteiger charge is 2.17. The van der Waals surface area contributed by atoms with Crippen LogP contribution in [-0.2, 0) is 16.6 Å². The molecule has 0 aliphatic carbocycles. The maximum absolute atomic E-state index is 12.2. The zero-order valence-electron chi connectivity index (χ0n) is 11.6. The molecule has 1 atom stereocenters. The molecule has 0 saturated carbocycles. The number of nitrogens with one attached hydrogen (secondary N) is 2. The summed E-state index contributed by atoms with van der Waals surface area (Å²) in [7, 11) is -3.42. The Morgan fingerprint density at radius 3 is 2.74 bits per heavy atom. The molecular weight excluding hydrogens is 280 g/mol. The first-order valence-electron chi connectivity index (χ1n) is 6.30. The molecule has 4 nitrogen and oxygen atoms in total. The van der Waals surface area contributed by atoms with Crippen LogP contribution in [0.2, 0.25) is 0 Å². The molecule has 0 spiro atoms. The number of sulfonamides is 1. The monoisotopic (exact) mass is 302 g/mol. The molecule has 0 saturated heterocycles. The smallest absolute Gasteiger partial charge is 0.240 e. The van der Waals surface area contributed by atoms with Gasteiger partial charge in [-0.3, -0.25) is 0 Å². The lowest BCUT2D eigenvalue weighted by Crippen LogP contribution is -2.34. The van der Waals surface area contributed by atoms with Gasteiger partial charge in [0.2, 0.25) is 10.0 Å². The standard InChI is InChI=1S/C13H22N2O2S2/c1-4-14-9-12-6-5-7-13(8-12)19(16,17)15-11(2)10-18-3/h5-8,11,14-15H,4,9-10H2,1-3H3. The molecule has 0 aliphatic rings. The van der Waals surface area contributed by atoms with Gasteiger partial charge in [-0.25, -0.2) is 13.1 Å². The van der Waals surface area contributed by atoms with E-state index in [0.29, 0.717) is 11.4 Å². The molecule has 0 amide bonds. The molecule has 108 valence electrons. The molecule has 0 radical (unpaired) electrons. The third-order valence-corrected chi connectivity index (χ3v) is 4.98. The Morgan fingerprint density at radius 2 is 2.11 bits per heavy atom. The second-order valence-electron chi connectivity index (χ2n) is 4.41. The summed E-state index contributed by atoms with van der Waals surface area (Å²) in [5.74, 6) is 0.760. The minimum absolute atomic E-state index is 0.0718. The van der Waals surface area contributed by atoms with E-state index >= 15 is 0 Å². The van der Waals surface area contributed by atoms with Crippen LogP contribution in [0, 0.1) is 0 Å². The summed E-state index contributed by atoms with van der Waals surface area (Å²) in [5, 5.41) is 3.19. The van der Waals surface area contributed by atoms with Gasteiger partial charge in [0, 0.05) is 18.3 Å². The van der Waals surface area contributed by atoms with Gasteiger partial charge < -0.3 is 5.32 Å². The van der Waals surface area contributed by atoms with Gasteiger partial charge in [0.1, 0.15) is 0 Å². The van der Waals surface area contributed by atoms with Gasteiger partial charge in [-0.05, 0) is 37.4 Å². The average Bonchev–Trinajstić information content (AvgIpc) is 2.36. The lowest BCUT2D eigenvalue weighted by molar-refractivity contribution is 0.571. The Kier molecular flexibility index (Phi) is 6.85. The topological polar surface area (TPSA) is 58.2 Å². The number of rotatable bonds is 8. The van der Waals surface area contributed by atoms with E-state index in [9.17, 15) is 8.42 Å². The molecular formula is C13H22N2O2S2. The van der Waals surface area contributed by atoms with Gasteiger partial charge in [-0.1, -0.05) is 19.1 Å². The second kappa shape index (κ2) is 7.89. The van der Waals surface area contributed by atoms with Crippen LogP contribution in [0.25, 0.3) is 0 Å². The van der Waals surface area contributed by atoms with Gasteiger partial charge in [0.25, 0.3) is 0 Å². The van der Waals surface area contributed by atoms with E-state index in [2.05, 4.69) is 10.0 Å². The number of hydrogen-bond donors (Lipinski definition) is 2. The molecule has 0 fully saturated rings. The van der Waals surface area contributed by atoms with Gasteiger partial charge in [-0.2, -0.15) is 11.8 Å². The maximum Gasteiger partial charge on any atom is 0.240 e. The fourth-order valence-corrected chi connectivity index (χ4v) is 3.71. The summed E-state index contributed by atoms with van der Waals surface area (Å²) in [6.45, 7) is 5.43. The zero-order valence-corrected chi connectivity index (χ0v) is 13.3. The van der Waals surface area contributed by atoms with Crippen molar-refractivity contribution in [3.8, 4) is 0 Å². The Bertz CT molecular complexity index is 489. The van der Waals surface area contributed by atoms with Crippen molar-refractivity contribution in [3.05, 3.63) is 29.8 Å². The van der Waals surface area contributed by atoms with Crippen molar-refractivity contribution in [3.63, 3.8) is 0 Å². The lowest BCUT2D eigenvalue weighted by Gasteiger charge is -2.13. The highest BCUT2D eigenvalue weighted by atomic mass is 32.2. The summed E-state index contributed by atoms with van der Waals surface area (Å²) < 4.78 is 27.1. The van der Waals surface area contributed by atoms with E-state index in [1.165, 1.54) is 0 Å². The first kappa shape index (κ1) is 16.5. The first-order valence-corrected chi connectivity index (χ1v) is 9.18. The van der Waals surface area contributed by atoms with Crippen LogP contribution in [0.1, 0.15) is 19.4 Å². The van der Waals surface area contributed by atoms with Crippen LogP contribution >= 0.6 is 11.8 Å².